The van der Waals surface area contributed by atoms with E-state index < -0.39 is 0 Å². The molecule has 0 spiro atoms. The zero-order chi connectivity index (χ0) is 19.5. The minimum Gasteiger partial charge on any atom is -0.378 e. The summed E-state index contributed by atoms with van der Waals surface area (Å²) in [4.78, 5) is 6.77. The maximum Gasteiger partial charge on any atom is 0.237 e. The Morgan fingerprint density at radius 3 is 2.32 bits per heavy atom. The second kappa shape index (κ2) is 7.65. The van der Waals surface area contributed by atoms with Crippen molar-refractivity contribution in [2.75, 3.05) is 19.0 Å². The molecule has 3 heteroatoms. The molecule has 28 heavy (non-hydrogen) atoms. The zero-order valence-corrected chi connectivity index (χ0v) is 16.5. The summed E-state index contributed by atoms with van der Waals surface area (Å²) in [6.07, 6.45) is 6.44. The van der Waals surface area contributed by atoms with Gasteiger partial charge in [0.1, 0.15) is 11.2 Å². The molecule has 0 amide bonds. The Morgan fingerprint density at radius 2 is 1.54 bits per heavy atom. The highest BCUT2D eigenvalue weighted by Gasteiger charge is 2.16. The Kier molecular flexibility index (Phi) is 4.90. The van der Waals surface area contributed by atoms with Gasteiger partial charge in [-0.05, 0) is 42.8 Å². The van der Waals surface area contributed by atoms with Crippen LogP contribution in [0.4, 0.5) is 5.69 Å². The number of benzene rings is 3. The minimum absolute atomic E-state index is 0.997. The molecular formula is C25H24N3+. The summed E-state index contributed by atoms with van der Waals surface area (Å²) in [5, 5.41) is 0. The summed E-state index contributed by atoms with van der Waals surface area (Å²) < 4.78 is 2.23. The van der Waals surface area contributed by atoms with Gasteiger partial charge in [0, 0.05) is 37.5 Å². The summed E-state index contributed by atoms with van der Waals surface area (Å²) in [7, 11) is 4.11. The van der Waals surface area contributed by atoms with Gasteiger partial charge in [-0.3, -0.25) is 0 Å². The minimum atomic E-state index is 0.997. The molecule has 0 aliphatic carbocycles. The van der Waals surface area contributed by atoms with Crippen molar-refractivity contribution in [3.63, 3.8) is 0 Å². The van der Waals surface area contributed by atoms with Crippen molar-refractivity contribution in [1.29, 1.82) is 0 Å². The second-order valence-corrected chi connectivity index (χ2v) is 7.12. The maximum absolute atomic E-state index is 4.66. The number of anilines is 1. The van der Waals surface area contributed by atoms with Gasteiger partial charge in [0.15, 0.2) is 6.20 Å². The molecule has 0 aliphatic heterocycles. The van der Waals surface area contributed by atoms with E-state index in [2.05, 4.69) is 114 Å². The van der Waals surface area contributed by atoms with Crippen LogP contribution >= 0.6 is 0 Å². The summed E-state index contributed by atoms with van der Waals surface area (Å²) >= 11 is 0. The van der Waals surface area contributed by atoms with E-state index in [1.807, 2.05) is 13.0 Å². The Labute approximate surface area is 166 Å². The van der Waals surface area contributed by atoms with Crippen molar-refractivity contribution in [3.8, 4) is 5.69 Å². The van der Waals surface area contributed by atoms with Gasteiger partial charge in [-0.1, -0.05) is 42.5 Å². The van der Waals surface area contributed by atoms with E-state index in [1.165, 1.54) is 16.8 Å². The number of para-hydroxylation sites is 3. The third kappa shape index (κ3) is 3.65. The van der Waals surface area contributed by atoms with Crippen molar-refractivity contribution < 1.29 is 4.57 Å². The average molecular weight is 366 g/mol. The van der Waals surface area contributed by atoms with Crippen LogP contribution in [-0.4, -0.2) is 19.1 Å². The van der Waals surface area contributed by atoms with Crippen molar-refractivity contribution in [3.05, 3.63) is 95.8 Å². The smallest absolute Gasteiger partial charge is 0.237 e. The van der Waals surface area contributed by atoms with Crippen molar-refractivity contribution in [2.45, 2.75) is 6.92 Å². The van der Waals surface area contributed by atoms with Gasteiger partial charge in [0.2, 0.25) is 11.2 Å². The Bertz CT molecular complexity index is 1140. The predicted octanol–water partition coefficient (Wildman–Crippen LogP) is 5.06. The van der Waals surface area contributed by atoms with Crippen LogP contribution in [0, 0.1) is 6.92 Å². The topological polar surface area (TPSA) is 20.0 Å². The molecule has 0 radical (unpaired) electrons. The number of rotatable bonds is 4. The number of fused-ring (bicyclic) bond motifs is 1. The van der Waals surface area contributed by atoms with Gasteiger partial charge in [-0.25, -0.2) is 4.98 Å². The summed E-state index contributed by atoms with van der Waals surface area (Å²) in [6.45, 7) is 2.04. The fraction of sp³-hybridized carbons (Fsp3) is 0.120. The standard InChI is InChI=1S/C25H24N3/c1-19-18-28(25-11-7-5-9-23(25)26-19)24-10-6-4-8-21(24)15-12-20-13-16-22(17-14-20)27(2)3/h4-18H,1-3H3/q+1. The quantitative estimate of drug-likeness (QED) is 0.372. The van der Waals surface area contributed by atoms with Crippen LogP contribution < -0.4 is 9.47 Å². The van der Waals surface area contributed by atoms with E-state index in [-0.39, 0.29) is 0 Å². The van der Waals surface area contributed by atoms with Crippen LogP contribution in [0.5, 0.6) is 0 Å². The molecule has 0 unspecified atom stereocenters. The lowest BCUT2D eigenvalue weighted by molar-refractivity contribution is -0.568. The van der Waals surface area contributed by atoms with Gasteiger partial charge in [0.25, 0.3) is 0 Å². The fourth-order valence-corrected chi connectivity index (χ4v) is 3.35. The first-order chi connectivity index (χ1) is 13.6. The maximum atomic E-state index is 4.66. The van der Waals surface area contributed by atoms with Crippen molar-refractivity contribution >= 4 is 28.9 Å². The van der Waals surface area contributed by atoms with E-state index >= 15 is 0 Å². The lowest BCUT2D eigenvalue weighted by atomic mass is 10.1. The molecule has 0 saturated heterocycles. The largest absolute Gasteiger partial charge is 0.378 e. The monoisotopic (exact) mass is 366 g/mol. The molecule has 0 bridgehead atoms. The Hall–Kier alpha value is -3.46. The molecule has 138 valence electrons. The molecule has 1 heterocycles. The third-order valence-corrected chi connectivity index (χ3v) is 4.82. The van der Waals surface area contributed by atoms with Crippen molar-refractivity contribution in [1.82, 2.24) is 4.98 Å². The first-order valence-corrected chi connectivity index (χ1v) is 9.45. The Balaban J connectivity index is 1.76. The van der Waals surface area contributed by atoms with Crippen LogP contribution in [0.3, 0.4) is 0 Å². The average Bonchev–Trinajstić information content (AvgIpc) is 2.72. The van der Waals surface area contributed by atoms with Crippen LogP contribution in [0.2, 0.25) is 0 Å². The predicted molar refractivity (Wildman–Crippen MR) is 118 cm³/mol. The van der Waals surface area contributed by atoms with Crippen LogP contribution in [0.15, 0.2) is 79.0 Å². The van der Waals surface area contributed by atoms with Crippen LogP contribution in [0.25, 0.3) is 28.9 Å². The first-order valence-electron chi connectivity index (χ1n) is 9.45. The molecule has 3 aromatic carbocycles. The van der Waals surface area contributed by atoms with E-state index in [0.29, 0.717) is 0 Å². The summed E-state index contributed by atoms with van der Waals surface area (Å²) in [5.41, 5.74) is 7.79. The SMILES string of the molecule is Cc1c[n+](-c2ccccc2C=Cc2ccc(N(C)C)cc2)c2ccccc2n1. The molecule has 4 aromatic rings. The fourth-order valence-electron chi connectivity index (χ4n) is 3.35. The molecule has 0 fully saturated rings. The van der Waals surface area contributed by atoms with E-state index in [1.54, 1.807) is 0 Å². The number of nitrogens with zero attached hydrogens (tertiary/aromatic N) is 3. The molecular weight excluding hydrogens is 342 g/mol. The second-order valence-electron chi connectivity index (χ2n) is 7.12. The van der Waals surface area contributed by atoms with Crippen LogP contribution in [-0.2, 0) is 0 Å². The first kappa shape index (κ1) is 17.9. The highest BCUT2D eigenvalue weighted by Crippen LogP contribution is 2.18. The normalized spacial score (nSPS) is 11.2. The molecule has 1 aromatic heterocycles. The molecule has 0 atom stereocenters. The molecule has 3 nitrogen and oxygen atoms in total. The third-order valence-electron chi connectivity index (χ3n) is 4.82. The van der Waals surface area contributed by atoms with E-state index in [4.69, 9.17) is 0 Å². The van der Waals surface area contributed by atoms with E-state index in [0.717, 1.165) is 22.4 Å². The number of hydrogen-bond donors (Lipinski definition) is 0. The molecule has 0 saturated carbocycles. The van der Waals surface area contributed by atoms with Gasteiger partial charge < -0.3 is 4.90 Å². The van der Waals surface area contributed by atoms with Gasteiger partial charge in [-0.15, -0.1) is 0 Å². The van der Waals surface area contributed by atoms with Crippen molar-refractivity contribution in [2.24, 2.45) is 0 Å². The number of aromatic nitrogens is 2. The number of aryl methyl sites for hydroxylation is 1. The molecule has 0 N–H and O–H groups in total. The lowest BCUT2D eigenvalue weighted by Crippen LogP contribution is -2.33. The van der Waals surface area contributed by atoms with Crippen LogP contribution in [0.1, 0.15) is 16.8 Å². The van der Waals surface area contributed by atoms with Gasteiger partial charge in [0.05, 0.1) is 0 Å². The highest BCUT2D eigenvalue weighted by atomic mass is 15.1. The van der Waals surface area contributed by atoms with Gasteiger partial charge >= 0.3 is 0 Å². The van der Waals surface area contributed by atoms with Gasteiger partial charge in [-0.2, -0.15) is 4.57 Å². The summed E-state index contributed by atoms with van der Waals surface area (Å²) in [5.74, 6) is 0. The lowest BCUT2D eigenvalue weighted by Gasteiger charge is -2.11. The summed E-state index contributed by atoms with van der Waals surface area (Å²) in [6, 6.07) is 25.3. The number of hydrogen-bond acceptors (Lipinski definition) is 2. The zero-order valence-electron chi connectivity index (χ0n) is 16.5. The molecule has 4 rings (SSSR count). The molecule has 0 aliphatic rings. The van der Waals surface area contributed by atoms with E-state index in [9.17, 15) is 0 Å². The Morgan fingerprint density at radius 1 is 0.821 bits per heavy atom. The highest BCUT2D eigenvalue weighted by molar-refractivity contribution is 5.75.